The Labute approximate surface area is 97.0 Å². The summed E-state index contributed by atoms with van der Waals surface area (Å²) in [6.45, 7) is 3.41. The molecule has 16 heavy (non-hydrogen) atoms. The Bertz CT molecular complexity index is 361. The van der Waals surface area contributed by atoms with Gasteiger partial charge in [-0.2, -0.15) is 13.2 Å². The molecule has 1 aromatic rings. The Balaban J connectivity index is 3.26. The molecule has 0 aliphatic carbocycles. The number of benzene rings is 1. The van der Waals surface area contributed by atoms with Crippen molar-refractivity contribution in [2.75, 3.05) is 6.26 Å². The molecule has 0 atom stereocenters. The summed E-state index contributed by atoms with van der Waals surface area (Å²) < 4.78 is 43.4. The van der Waals surface area contributed by atoms with E-state index in [1.165, 1.54) is 17.8 Å². The van der Waals surface area contributed by atoms with Crippen molar-refractivity contribution >= 4 is 11.8 Å². The predicted molar refractivity (Wildman–Crippen MR) is 59.0 cm³/mol. The van der Waals surface area contributed by atoms with E-state index in [1.807, 2.05) is 0 Å². The molecule has 1 nitrogen and oxygen atoms in total. The molecular weight excluding hydrogens is 237 g/mol. The van der Waals surface area contributed by atoms with Gasteiger partial charge in [-0.25, -0.2) is 0 Å². The average Bonchev–Trinajstić information content (AvgIpc) is 2.15. The zero-order valence-electron chi connectivity index (χ0n) is 9.26. The second kappa shape index (κ2) is 4.99. The second-order valence-electron chi connectivity index (χ2n) is 3.50. The maximum absolute atomic E-state index is 12.7. The van der Waals surface area contributed by atoms with Crippen molar-refractivity contribution in [3.63, 3.8) is 0 Å². The maximum Gasteiger partial charge on any atom is 0.420 e. The number of alkyl halides is 3. The topological polar surface area (TPSA) is 9.23 Å². The predicted octanol–water partition coefficient (Wildman–Crippen LogP) is 4.21. The van der Waals surface area contributed by atoms with Crippen molar-refractivity contribution in [1.29, 1.82) is 0 Å². The maximum atomic E-state index is 12.7. The van der Waals surface area contributed by atoms with Gasteiger partial charge in [0.2, 0.25) is 0 Å². The van der Waals surface area contributed by atoms with Gasteiger partial charge in [0.05, 0.1) is 11.7 Å². The molecule has 0 saturated heterocycles. The number of hydrogen-bond donors (Lipinski definition) is 0. The Hall–Kier alpha value is -0.840. The summed E-state index contributed by atoms with van der Waals surface area (Å²) in [4.78, 5) is 0.503. The summed E-state index contributed by atoms with van der Waals surface area (Å²) in [6.07, 6.45) is -2.94. The fourth-order valence-corrected chi connectivity index (χ4v) is 1.82. The molecule has 0 fully saturated rings. The van der Waals surface area contributed by atoms with Gasteiger partial charge in [0.25, 0.3) is 0 Å². The number of thioether (sulfide) groups is 1. The monoisotopic (exact) mass is 250 g/mol. The number of ether oxygens (including phenoxy) is 1. The first-order chi connectivity index (χ1) is 7.36. The Morgan fingerprint density at radius 2 is 1.88 bits per heavy atom. The molecular formula is C11H13F3OS. The summed E-state index contributed by atoms with van der Waals surface area (Å²) in [5.74, 6) is -0.0718. The second-order valence-corrected chi connectivity index (χ2v) is 4.35. The van der Waals surface area contributed by atoms with Crippen molar-refractivity contribution in [1.82, 2.24) is 0 Å². The fraction of sp³-hybridized carbons (Fsp3) is 0.455. The van der Waals surface area contributed by atoms with Crippen LogP contribution in [0.1, 0.15) is 19.4 Å². The summed E-state index contributed by atoms with van der Waals surface area (Å²) in [5.41, 5.74) is -0.715. The van der Waals surface area contributed by atoms with Crippen LogP contribution in [-0.2, 0) is 6.18 Å². The van der Waals surface area contributed by atoms with Gasteiger partial charge in [0.1, 0.15) is 5.75 Å². The van der Waals surface area contributed by atoms with Gasteiger partial charge in [-0.3, -0.25) is 0 Å². The van der Waals surface area contributed by atoms with Gasteiger partial charge in [0, 0.05) is 4.90 Å². The average molecular weight is 250 g/mol. The van der Waals surface area contributed by atoms with Crippen LogP contribution in [0.2, 0.25) is 0 Å². The van der Waals surface area contributed by atoms with Crippen molar-refractivity contribution in [3.05, 3.63) is 23.8 Å². The van der Waals surface area contributed by atoms with Crippen molar-refractivity contribution in [2.24, 2.45) is 0 Å². The molecule has 0 aliphatic rings. The molecule has 0 heterocycles. The van der Waals surface area contributed by atoms with Gasteiger partial charge in [-0.1, -0.05) is 6.07 Å². The SMILES string of the molecule is CSc1cccc(C(F)(F)F)c1OC(C)C. The van der Waals surface area contributed by atoms with Gasteiger partial charge in [0.15, 0.2) is 0 Å². The zero-order chi connectivity index (χ0) is 12.3. The molecule has 90 valence electrons. The normalized spacial score (nSPS) is 11.9. The van der Waals surface area contributed by atoms with Crippen molar-refractivity contribution in [2.45, 2.75) is 31.0 Å². The van der Waals surface area contributed by atoms with Crippen LogP contribution in [0, 0.1) is 0 Å². The molecule has 0 spiro atoms. The lowest BCUT2D eigenvalue weighted by Crippen LogP contribution is -2.13. The number of halogens is 3. The van der Waals surface area contributed by atoms with Crippen molar-refractivity contribution in [3.8, 4) is 5.75 Å². The minimum atomic E-state index is -4.38. The standard InChI is InChI=1S/C11H13F3OS/c1-7(2)15-10-8(11(12,13)14)5-4-6-9(10)16-3/h4-7H,1-3H3. The van der Waals surface area contributed by atoms with Gasteiger partial charge < -0.3 is 4.74 Å². The first kappa shape index (κ1) is 13.2. The smallest absolute Gasteiger partial charge is 0.420 e. The highest BCUT2D eigenvalue weighted by atomic mass is 32.2. The van der Waals surface area contributed by atoms with Crippen molar-refractivity contribution < 1.29 is 17.9 Å². The van der Waals surface area contributed by atoms with Gasteiger partial charge >= 0.3 is 6.18 Å². The number of rotatable bonds is 3. The molecule has 0 amide bonds. The van der Waals surface area contributed by atoms with Crippen LogP contribution in [0.15, 0.2) is 23.1 Å². The molecule has 1 aromatic carbocycles. The minimum absolute atomic E-state index is 0.0718. The van der Waals surface area contributed by atoms with Gasteiger partial charge in [-0.15, -0.1) is 11.8 Å². The fourth-order valence-electron chi connectivity index (χ4n) is 1.26. The molecule has 1 rings (SSSR count). The molecule has 0 N–H and O–H groups in total. The number of hydrogen-bond acceptors (Lipinski definition) is 2. The highest BCUT2D eigenvalue weighted by molar-refractivity contribution is 7.98. The van der Waals surface area contributed by atoms with Crippen LogP contribution in [0.3, 0.4) is 0 Å². The first-order valence-corrected chi connectivity index (χ1v) is 5.99. The van der Waals surface area contributed by atoms with Crippen LogP contribution >= 0.6 is 11.8 Å². The van der Waals surface area contributed by atoms with E-state index in [9.17, 15) is 13.2 Å². The molecule has 0 aromatic heterocycles. The van der Waals surface area contributed by atoms with Crippen LogP contribution in [-0.4, -0.2) is 12.4 Å². The quantitative estimate of drug-likeness (QED) is 0.743. The third-order valence-electron chi connectivity index (χ3n) is 1.86. The van der Waals surface area contributed by atoms with Gasteiger partial charge in [-0.05, 0) is 32.2 Å². The van der Waals surface area contributed by atoms with E-state index in [0.717, 1.165) is 6.07 Å². The minimum Gasteiger partial charge on any atom is -0.489 e. The third-order valence-corrected chi connectivity index (χ3v) is 2.62. The van der Waals surface area contributed by atoms with Crippen LogP contribution in [0.5, 0.6) is 5.75 Å². The van der Waals surface area contributed by atoms with Crippen LogP contribution < -0.4 is 4.74 Å². The summed E-state index contributed by atoms with van der Waals surface area (Å²) >= 11 is 1.24. The highest BCUT2D eigenvalue weighted by Crippen LogP contribution is 2.41. The molecule has 0 bridgehead atoms. The lowest BCUT2D eigenvalue weighted by Gasteiger charge is -2.18. The largest absolute Gasteiger partial charge is 0.489 e. The summed E-state index contributed by atoms with van der Waals surface area (Å²) in [6, 6.07) is 4.05. The molecule has 0 unspecified atom stereocenters. The Morgan fingerprint density at radius 3 is 2.31 bits per heavy atom. The molecule has 0 saturated carbocycles. The van der Waals surface area contributed by atoms with E-state index in [0.29, 0.717) is 4.90 Å². The highest BCUT2D eigenvalue weighted by Gasteiger charge is 2.35. The summed E-state index contributed by atoms with van der Waals surface area (Å²) in [5, 5.41) is 0. The van der Waals surface area contributed by atoms with Crippen LogP contribution in [0.25, 0.3) is 0 Å². The zero-order valence-corrected chi connectivity index (χ0v) is 10.1. The Kier molecular flexibility index (Phi) is 4.13. The molecule has 0 radical (unpaired) electrons. The Morgan fingerprint density at radius 1 is 1.25 bits per heavy atom. The lowest BCUT2D eigenvalue weighted by molar-refractivity contribution is -0.139. The molecule has 0 aliphatic heterocycles. The van der Waals surface area contributed by atoms with E-state index >= 15 is 0 Å². The van der Waals surface area contributed by atoms with Crippen LogP contribution in [0.4, 0.5) is 13.2 Å². The third kappa shape index (κ3) is 3.07. The number of para-hydroxylation sites is 1. The van der Waals surface area contributed by atoms with E-state index in [2.05, 4.69) is 0 Å². The first-order valence-electron chi connectivity index (χ1n) is 4.77. The molecule has 5 heteroatoms. The van der Waals surface area contributed by atoms with E-state index in [1.54, 1.807) is 26.2 Å². The lowest BCUT2D eigenvalue weighted by atomic mass is 10.2. The van der Waals surface area contributed by atoms with E-state index in [-0.39, 0.29) is 11.9 Å². The van der Waals surface area contributed by atoms with E-state index in [4.69, 9.17) is 4.74 Å². The summed E-state index contributed by atoms with van der Waals surface area (Å²) in [7, 11) is 0. The van der Waals surface area contributed by atoms with E-state index < -0.39 is 11.7 Å².